The van der Waals surface area contributed by atoms with E-state index >= 15 is 0 Å². The van der Waals surface area contributed by atoms with Gasteiger partial charge >= 0.3 is 0 Å². The molecule has 1 aromatic carbocycles. The Hall–Kier alpha value is -2.34. The van der Waals surface area contributed by atoms with Crippen LogP contribution in [-0.2, 0) is 0 Å². The number of nitrogens with zero attached hydrogens (tertiary/aromatic N) is 3. The van der Waals surface area contributed by atoms with Gasteiger partial charge in [0.25, 0.3) is 5.91 Å². The molecule has 0 radical (unpaired) electrons. The summed E-state index contributed by atoms with van der Waals surface area (Å²) >= 11 is 0. The Balaban J connectivity index is 2.05. The first-order chi connectivity index (χ1) is 9.95. The molecule has 1 atom stereocenters. The highest BCUT2D eigenvalue weighted by molar-refractivity contribution is 5.92. The Labute approximate surface area is 124 Å². The molecular formula is C15H21N5O. The molecule has 0 saturated carbocycles. The van der Waals surface area contributed by atoms with Crippen LogP contribution in [-0.4, -0.2) is 47.3 Å². The van der Waals surface area contributed by atoms with E-state index in [1.807, 2.05) is 38.1 Å². The van der Waals surface area contributed by atoms with Gasteiger partial charge in [0, 0.05) is 24.5 Å². The van der Waals surface area contributed by atoms with Crippen LogP contribution in [0.5, 0.6) is 0 Å². The molecule has 1 heterocycles. The van der Waals surface area contributed by atoms with Crippen LogP contribution in [0.3, 0.4) is 0 Å². The highest BCUT2D eigenvalue weighted by Crippen LogP contribution is 2.10. The van der Waals surface area contributed by atoms with Crippen LogP contribution >= 0.6 is 0 Å². The number of likely N-dealkylation sites (N-methyl/N-ethyl adjacent to an activating group) is 1. The molecule has 21 heavy (non-hydrogen) atoms. The van der Waals surface area contributed by atoms with Crippen molar-refractivity contribution in [3.05, 3.63) is 42.2 Å². The molecule has 0 spiro atoms. The Bertz CT molecular complexity index is 603. The smallest absolute Gasteiger partial charge is 0.272 e. The van der Waals surface area contributed by atoms with Gasteiger partial charge in [0.1, 0.15) is 0 Å². The number of nitrogens with two attached hydrogens (primary N) is 1. The minimum Gasteiger partial charge on any atom is -0.399 e. The van der Waals surface area contributed by atoms with E-state index < -0.39 is 0 Å². The van der Waals surface area contributed by atoms with Crippen molar-refractivity contribution in [3.8, 4) is 5.69 Å². The molecule has 2 aromatic rings. The molecule has 0 bridgehead atoms. The summed E-state index contributed by atoms with van der Waals surface area (Å²) in [5.74, 6) is -0.168. The van der Waals surface area contributed by atoms with Gasteiger partial charge < -0.3 is 16.0 Å². The number of nitrogens with one attached hydrogen (secondary N) is 1. The normalized spacial score (nSPS) is 12.4. The van der Waals surface area contributed by atoms with Crippen molar-refractivity contribution in [1.29, 1.82) is 0 Å². The Kier molecular flexibility index (Phi) is 4.59. The molecule has 0 aliphatic rings. The zero-order valence-corrected chi connectivity index (χ0v) is 12.6. The highest BCUT2D eigenvalue weighted by Gasteiger charge is 2.13. The molecular weight excluding hydrogens is 266 g/mol. The van der Waals surface area contributed by atoms with Gasteiger partial charge in [-0.15, -0.1) is 0 Å². The lowest BCUT2D eigenvalue weighted by Crippen LogP contribution is -2.39. The van der Waals surface area contributed by atoms with Crippen LogP contribution in [0.4, 0.5) is 5.69 Å². The summed E-state index contributed by atoms with van der Waals surface area (Å²) in [7, 11) is 3.94. The van der Waals surface area contributed by atoms with Crippen molar-refractivity contribution in [2.75, 3.05) is 26.4 Å². The SMILES string of the molecule is CC(CN(C)C)NC(=O)c1ccn(-c2ccc(N)cc2)n1. The largest absolute Gasteiger partial charge is 0.399 e. The zero-order chi connectivity index (χ0) is 15.4. The van der Waals surface area contributed by atoms with Crippen molar-refractivity contribution in [3.63, 3.8) is 0 Å². The number of hydrogen-bond donors (Lipinski definition) is 2. The van der Waals surface area contributed by atoms with Crippen molar-refractivity contribution in [2.45, 2.75) is 13.0 Å². The zero-order valence-electron chi connectivity index (χ0n) is 12.6. The number of benzene rings is 1. The van der Waals surface area contributed by atoms with E-state index in [1.54, 1.807) is 29.1 Å². The van der Waals surface area contributed by atoms with Gasteiger partial charge in [0.15, 0.2) is 5.69 Å². The van der Waals surface area contributed by atoms with Crippen LogP contribution in [0.25, 0.3) is 5.69 Å². The monoisotopic (exact) mass is 287 g/mol. The van der Waals surface area contributed by atoms with Crippen molar-refractivity contribution < 1.29 is 4.79 Å². The van der Waals surface area contributed by atoms with Crippen LogP contribution < -0.4 is 11.1 Å². The van der Waals surface area contributed by atoms with E-state index in [2.05, 4.69) is 10.4 Å². The maximum Gasteiger partial charge on any atom is 0.272 e. The second-order valence-corrected chi connectivity index (χ2v) is 5.37. The summed E-state index contributed by atoms with van der Waals surface area (Å²) in [5.41, 5.74) is 7.62. The van der Waals surface area contributed by atoms with Gasteiger partial charge in [-0.2, -0.15) is 5.10 Å². The fraction of sp³-hybridized carbons (Fsp3) is 0.333. The van der Waals surface area contributed by atoms with E-state index in [-0.39, 0.29) is 11.9 Å². The van der Waals surface area contributed by atoms with Gasteiger partial charge in [-0.3, -0.25) is 4.79 Å². The average Bonchev–Trinajstić information content (AvgIpc) is 2.88. The molecule has 1 amide bonds. The van der Waals surface area contributed by atoms with Gasteiger partial charge in [-0.25, -0.2) is 4.68 Å². The standard InChI is InChI=1S/C15H21N5O/c1-11(10-19(2)3)17-15(21)14-8-9-20(18-14)13-6-4-12(16)5-7-13/h4-9,11H,10,16H2,1-3H3,(H,17,21). The third kappa shape index (κ3) is 4.06. The first kappa shape index (κ1) is 15.1. The molecule has 0 saturated heterocycles. The molecule has 0 fully saturated rings. The molecule has 3 N–H and O–H groups in total. The second-order valence-electron chi connectivity index (χ2n) is 5.37. The number of nitrogen functional groups attached to an aromatic ring is 1. The molecule has 1 aromatic heterocycles. The van der Waals surface area contributed by atoms with E-state index in [1.165, 1.54) is 0 Å². The third-order valence-corrected chi connectivity index (χ3v) is 3.00. The molecule has 0 aliphatic carbocycles. The summed E-state index contributed by atoms with van der Waals surface area (Å²) in [5, 5.41) is 7.22. The molecule has 6 nitrogen and oxygen atoms in total. The van der Waals surface area contributed by atoms with E-state index in [0.29, 0.717) is 11.4 Å². The van der Waals surface area contributed by atoms with E-state index in [9.17, 15) is 4.79 Å². The quantitative estimate of drug-likeness (QED) is 0.808. The predicted octanol–water partition coefficient (Wildman–Crippen LogP) is 1.13. The second kappa shape index (κ2) is 6.41. The maximum absolute atomic E-state index is 12.1. The van der Waals surface area contributed by atoms with E-state index in [0.717, 1.165) is 12.2 Å². The fourth-order valence-electron chi connectivity index (χ4n) is 2.11. The first-order valence-electron chi connectivity index (χ1n) is 6.83. The highest BCUT2D eigenvalue weighted by atomic mass is 16.2. The fourth-order valence-corrected chi connectivity index (χ4v) is 2.11. The number of carbonyl (C=O) groups is 1. The Morgan fingerprint density at radius 2 is 2.00 bits per heavy atom. The minimum absolute atomic E-state index is 0.0640. The van der Waals surface area contributed by atoms with Crippen molar-refractivity contribution >= 4 is 11.6 Å². The van der Waals surface area contributed by atoms with E-state index in [4.69, 9.17) is 5.73 Å². The third-order valence-electron chi connectivity index (χ3n) is 3.00. The Morgan fingerprint density at radius 1 is 1.33 bits per heavy atom. The lowest BCUT2D eigenvalue weighted by molar-refractivity contribution is 0.0929. The molecule has 0 aliphatic heterocycles. The van der Waals surface area contributed by atoms with Crippen LogP contribution in [0, 0.1) is 0 Å². The summed E-state index contributed by atoms with van der Waals surface area (Å²) in [6, 6.07) is 9.09. The summed E-state index contributed by atoms with van der Waals surface area (Å²) in [6.45, 7) is 2.75. The molecule has 6 heteroatoms. The van der Waals surface area contributed by atoms with Gasteiger partial charge in [0.05, 0.1) is 5.69 Å². The number of anilines is 1. The summed E-state index contributed by atoms with van der Waals surface area (Å²) < 4.78 is 1.66. The minimum atomic E-state index is -0.168. The van der Waals surface area contributed by atoms with Crippen LogP contribution in [0.2, 0.25) is 0 Å². The van der Waals surface area contributed by atoms with Gasteiger partial charge in [-0.05, 0) is 51.4 Å². The predicted molar refractivity (Wildman–Crippen MR) is 83.5 cm³/mol. The number of carbonyl (C=O) groups excluding carboxylic acids is 1. The number of hydrogen-bond acceptors (Lipinski definition) is 4. The topological polar surface area (TPSA) is 76.2 Å². The maximum atomic E-state index is 12.1. The van der Waals surface area contributed by atoms with Crippen LogP contribution in [0.15, 0.2) is 36.5 Å². The van der Waals surface area contributed by atoms with Crippen molar-refractivity contribution in [1.82, 2.24) is 20.0 Å². The van der Waals surface area contributed by atoms with Crippen LogP contribution in [0.1, 0.15) is 17.4 Å². The lowest BCUT2D eigenvalue weighted by Gasteiger charge is -2.17. The number of rotatable bonds is 5. The van der Waals surface area contributed by atoms with Crippen molar-refractivity contribution in [2.24, 2.45) is 0 Å². The first-order valence-corrected chi connectivity index (χ1v) is 6.83. The molecule has 1 unspecified atom stereocenters. The van der Waals surface area contributed by atoms with Gasteiger partial charge in [-0.1, -0.05) is 0 Å². The summed E-state index contributed by atoms with van der Waals surface area (Å²) in [6.07, 6.45) is 1.76. The molecule has 2 rings (SSSR count). The average molecular weight is 287 g/mol. The summed E-state index contributed by atoms with van der Waals surface area (Å²) in [4.78, 5) is 14.1. The molecule has 112 valence electrons. The lowest BCUT2D eigenvalue weighted by atomic mass is 10.3. The Morgan fingerprint density at radius 3 is 2.62 bits per heavy atom. The number of aromatic nitrogens is 2. The van der Waals surface area contributed by atoms with Gasteiger partial charge in [0.2, 0.25) is 0 Å². The number of amides is 1.